The Morgan fingerprint density at radius 1 is 1.09 bits per heavy atom. The molecule has 5 nitrogen and oxygen atoms in total. The first-order valence-corrected chi connectivity index (χ1v) is 12.4. The minimum Gasteiger partial charge on any atom is -0.497 e. The van der Waals surface area contributed by atoms with E-state index in [4.69, 9.17) is 4.74 Å². The largest absolute Gasteiger partial charge is 0.497 e. The van der Waals surface area contributed by atoms with Gasteiger partial charge in [0.25, 0.3) is 11.7 Å². The average molecular weight is 465 g/mol. The van der Waals surface area contributed by atoms with Gasteiger partial charge >= 0.3 is 0 Å². The minimum atomic E-state index is -0.361. The number of hydrogen-bond donors (Lipinski definition) is 0. The zero-order valence-electron chi connectivity index (χ0n) is 19.9. The van der Waals surface area contributed by atoms with E-state index in [2.05, 4.69) is 42.5 Å². The second-order valence-electron chi connectivity index (χ2n) is 8.99. The van der Waals surface area contributed by atoms with E-state index in [-0.39, 0.29) is 11.7 Å². The quantitative estimate of drug-likeness (QED) is 0.455. The van der Waals surface area contributed by atoms with Crippen molar-refractivity contribution in [2.24, 2.45) is 0 Å². The smallest absolute Gasteiger partial charge is 0.294 e. The molecule has 3 aromatic rings. The van der Waals surface area contributed by atoms with Gasteiger partial charge in [-0.1, -0.05) is 6.07 Å². The Balaban J connectivity index is 1.29. The monoisotopic (exact) mass is 464 g/mol. The number of benzene rings is 2. The molecule has 1 aliphatic rings. The van der Waals surface area contributed by atoms with Crippen LogP contribution in [0.25, 0.3) is 10.1 Å². The number of ether oxygens (including phenoxy) is 1. The Labute approximate surface area is 200 Å². The molecule has 1 aromatic heterocycles. The van der Waals surface area contributed by atoms with E-state index >= 15 is 0 Å². The van der Waals surface area contributed by atoms with Crippen molar-refractivity contribution in [2.45, 2.75) is 33.1 Å². The number of rotatable bonds is 8. The van der Waals surface area contributed by atoms with Crippen molar-refractivity contribution in [3.63, 3.8) is 0 Å². The number of hydrogen-bond acceptors (Lipinski definition) is 5. The maximum atomic E-state index is 12.8. The third-order valence-electron chi connectivity index (χ3n) is 6.69. The van der Waals surface area contributed by atoms with Crippen LogP contribution in [0.2, 0.25) is 0 Å². The van der Waals surface area contributed by atoms with E-state index in [1.807, 2.05) is 19.1 Å². The first-order chi connectivity index (χ1) is 15.9. The molecule has 0 spiro atoms. The van der Waals surface area contributed by atoms with E-state index in [1.165, 1.54) is 21.2 Å². The van der Waals surface area contributed by atoms with Gasteiger partial charge in [-0.3, -0.25) is 9.59 Å². The molecule has 33 heavy (non-hydrogen) atoms. The number of methoxy groups -OCH3 is 1. The summed E-state index contributed by atoms with van der Waals surface area (Å²) in [6, 6.07) is 10.2. The average Bonchev–Trinajstić information content (AvgIpc) is 3.18. The molecule has 0 unspecified atom stereocenters. The zero-order valence-corrected chi connectivity index (χ0v) is 20.8. The molecule has 174 valence electrons. The predicted molar refractivity (Wildman–Crippen MR) is 135 cm³/mol. The van der Waals surface area contributed by atoms with Gasteiger partial charge in [0.2, 0.25) is 0 Å². The number of carbonyl (C=O) groups excluding carboxylic acids is 2. The van der Waals surface area contributed by atoms with Crippen molar-refractivity contribution in [3.8, 4) is 5.75 Å². The molecule has 4 rings (SSSR count). The summed E-state index contributed by atoms with van der Waals surface area (Å²) in [5.74, 6) is 0.169. The van der Waals surface area contributed by atoms with Crippen molar-refractivity contribution < 1.29 is 14.3 Å². The molecule has 2 heterocycles. The number of carbonyl (C=O) groups is 2. The summed E-state index contributed by atoms with van der Waals surface area (Å²) in [6.07, 6.45) is 2.57. The highest BCUT2D eigenvalue weighted by Gasteiger charge is 2.29. The van der Waals surface area contributed by atoms with Crippen LogP contribution in [-0.2, 0) is 17.6 Å². The lowest BCUT2D eigenvalue weighted by molar-refractivity contribution is -0.126. The molecule has 0 saturated heterocycles. The highest BCUT2D eigenvalue weighted by atomic mass is 32.1. The fraction of sp³-hybridized carbons (Fsp3) is 0.407. The van der Waals surface area contributed by atoms with E-state index < -0.39 is 0 Å². The number of amides is 1. The lowest BCUT2D eigenvalue weighted by Gasteiger charge is -2.22. The summed E-state index contributed by atoms with van der Waals surface area (Å²) in [6.45, 7) is 7.10. The minimum absolute atomic E-state index is 0.361. The summed E-state index contributed by atoms with van der Waals surface area (Å²) in [5.41, 5.74) is 5.17. The van der Waals surface area contributed by atoms with Gasteiger partial charge in [0.1, 0.15) is 5.75 Å². The molecule has 0 fully saturated rings. The lowest BCUT2D eigenvalue weighted by atomic mass is 9.96. The second-order valence-corrected chi connectivity index (χ2v) is 9.91. The fourth-order valence-corrected chi connectivity index (χ4v) is 5.49. The van der Waals surface area contributed by atoms with E-state index in [0.717, 1.165) is 49.2 Å². The van der Waals surface area contributed by atoms with Crippen molar-refractivity contribution in [1.29, 1.82) is 0 Å². The van der Waals surface area contributed by atoms with Gasteiger partial charge in [-0.2, -0.15) is 0 Å². The number of nitrogens with zero attached hydrogens (tertiary/aromatic N) is 2. The highest BCUT2D eigenvalue weighted by molar-refractivity contribution is 7.17. The Morgan fingerprint density at radius 2 is 1.88 bits per heavy atom. The van der Waals surface area contributed by atoms with Gasteiger partial charge in [-0.05, 0) is 104 Å². The number of ketones is 1. The molecule has 2 aromatic carbocycles. The Hall–Kier alpha value is -2.70. The van der Waals surface area contributed by atoms with Gasteiger partial charge in [-0.25, -0.2) is 0 Å². The topological polar surface area (TPSA) is 49.9 Å². The Kier molecular flexibility index (Phi) is 7.15. The van der Waals surface area contributed by atoms with E-state index in [9.17, 15) is 9.59 Å². The van der Waals surface area contributed by atoms with Crippen LogP contribution in [0.3, 0.4) is 0 Å². The molecule has 0 bridgehead atoms. The van der Waals surface area contributed by atoms with Crippen molar-refractivity contribution in [2.75, 3.05) is 40.3 Å². The highest BCUT2D eigenvalue weighted by Crippen LogP contribution is 2.30. The van der Waals surface area contributed by atoms with Gasteiger partial charge in [0.05, 0.1) is 7.11 Å². The molecule has 0 saturated carbocycles. The third kappa shape index (κ3) is 5.12. The molecule has 0 radical (unpaired) electrons. The Morgan fingerprint density at radius 3 is 2.67 bits per heavy atom. The fourth-order valence-electron chi connectivity index (χ4n) is 4.46. The predicted octanol–water partition coefficient (Wildman–Crippen LogP) is 4.66. The zero-order chi connectivity index (χ0) is 23.5. The molecule has 1 amide bonds. The van der Waals surface area contributed by atoms with Gasteiger partial charge in [-0.15, -0.1) is 11.3 Å². The first kappa shape index (κ1) is 23.5. The lowest BCUT2D eigenvalue weighted by Crippen LogP contribution is -2.38. The second kappa shape index (κ2) is 10.1. The number of aryl methyl sites for hydroxylation is 2. The van der Waals surface area contributed by atoms with Crippen LogP contribution >= 0.6 is 11.3 Å². The number of thiophene rings is 1. The van der Waals surface area contributed by atoms with Gasteiger partial charge in [0.15, 0.2) is 0 Å². The summed E-state index contributed by atoms with van der Waals surface area (Å²) < 4.78 is 6.58. The van der Waals surface area contributed by atoms with E-state index in [0.29, 0.717) is 18.7 Å². The van der Waals surface area contributed by atoms with Crippen LogP contribution in [0.15, 0.2) is 35.7 Å². The van der Waals surface area contributed by atoms with Crippen LogP contribution < -0.4 is 4.74 Å². The van der Waals surface area contributed by atoms with Crippen LogP contribution in [0.5, 0.6) is 5.75 Å². The molecule has 1 aliphatic heterocycles. The molecule has 0 atom stereocenters. The molecule has 0 aliphatic carbocycles. The molecule has 6 heteroatoms. The van der Waals surface area contributed by atoms with Crippen LogP contribution in [0.1, 0.15) is 39.0 Å². The SMILES string of the molecule is COc1ccc2c(CCN(C)CCCN3CCc4cc(C)c(C)cc4C(=O)C3=O)csc2c1. The van der Waals surface area contributed by atoms with Crippen LogP contribution in [0.4, 0.5) is 0 Å². The normalized spacial score (nSPS) is 14.2. The van der Waals surface area contributed by atoms with E-state index in [1.54, 1.807) is 23.3 Å². The summed E-state index contributed by atoms with van der Waals surface area (Å²) >= 11 is 1.76. The van der Waals surface area contributed by atoms with Crippen LogP contribution in [-0.4, -0.2) is 61.8 Å². The first-order valence-electron chi connectivity index (χ1n) is 11.5. The summed E-state index contributed by atoms with van der Waals surface area (Å²) in [5, 5.41) is 3.54. The van der Waals surface area contributed by atoms with Crippen molar-refractivity contribution >= 4 is 33.1 Å². The molecule has 0 N–H and O–H groups in total. The number of fused-ring (bicyclic) bond motifs is 2. The Bertz CT molecular complexity index is 1180. The molecular formula is C27H32N2O3S. The third-order valence-corrected chi connectivity index (χ3v) is 7.68. The standard InChI is InChI=1S/C27H32N2O3S/c1-18-14-20-9-13-29(27(31)26(30)24(20)15-19(18)2)11-5-10-28(3)12-8-21-17-33-25-16-22(32-4)6-7-23(21)25/h6-7,14-17H,5,8-13H2,1-4H3. The maximum Gasteiger partial charge on any atom is 0.294 e. The van der Waals surface area contributed by atoms with Gasteiger partial charge in [0, 0.05) is 29.9 Å². The van der Waals surface area contributed by atoms with Crippen molar-refractivity contribution in [3.05, 3.63) is 63.5 Å². The summed E-state index contributed by atoms with van der Waals surface area (Å²) in [7, 11) is 3.81. The number of likely N-dealkylation sites (N-methyl/N-ethyl adjacent to an activating group) is 1. The number of Topliss-reactive ketones (excluding diaryl/α,β-unsaturated/α-hetero) is 1. The maximum absolute atomic E-state index is 12.8. The molecular weight excluding hydrogens is 432 g/mol. The van der Waals surface area contributed by atoms with Crippen molar-refractivity contribution in [1.82, 2.24) is 9.80 Å². The van der Waals surface area contributed by atoms with Crippen LogP contribution in [0, 0.1) is 13.8 Å². The van der Waals surface area contributed by atoms with Gasteiger partial charge < -0.3 is 14.5 Å². The summed E-state index contributed by atoms with van der Waals surface area (Å²) in [4.78, 5) is 29.6.